The van der Waals surface area contributed by atoms with Crippen molar-refractivity contribution in [2.24, 2.45) is 0 Å². The Hall–Kier alpha value is -2.87. The largest absolute Gasteiger partial charge is 0.497 e. The topological polar surface area (TPSA) is 53.3 Å². The minimum absolute atomic E-state index is 0.0415. The molecule has 1 heterocycles. The van der Waals surface area contributed by atoms with Crippen LogP contribution < -0.4 is 4.74 Å². The first-order chi connectivity index (χ1) is 11.1. The van der Waals surface area contributed by atoms with Crippen molar-refractivity contribution in [2.75, 3.05) is 7.11 Å². The van der Waals surface area contributed by atoms with Gasteiger partial charge in [0.25, 0.3) is 5.91 Å². The van der Waals surface area contributed by atoms with Crippen LogP contribution in [0.5, 0.6) is 5.75 Å². The summed E-state index contributed by atoms with van der Waals surface area (Å²) >= 11 is 0. The molecule has 0 fully saturated rings. The molecule has 0 saturated heterocycles. The molecule has 2 aromatic carbocycles. The van der Waals surface area contributed by atoms with Crippen molar-refractivity contribution < 1.29 is 13.9 Å². The Labute approximate surface area is 133 Å². The van der Waals surface area contributed by atoms with Crippen molar-refractivity contribution in [2.45, 2.75) is 19.0 Å². The Morgan fingerprint density at radius 1 is 1.30 bits per heavy atom. The summed E-state index contributed by atoms with van der Waals surface area (Å²) in [5.74, 6) is -0.834. The number of rotatable bonds is 3. The van der Waals surface area contributed by atoms with E-state index in [2.05, 4.69) is 6.07 Å². The molecule has 0 aromatic heterocycles. The maximum atomic E-state index is 14.3. The minimum Gasteiger partial charge on any atom is -0.497 e. The fraction of sp³-hybridized carbons (Fsp3) is 0.222. The summed E-state index contributed by atoms with van der Waals surface area (Å²) in [7, 11) is 1.42. The molecule has 0 spiro atoms. The lowest BCUT2D eigenvalue weighted by Crippen LogP contribution is -2.30. The van der Waals surface area contributed by atoms with E-state index in [9.17, 15) is 14.4 Å². The molecular weight excluding hydrogens is 295 g/mol. The van der Waals surface area contributed by atoms with Crippen LogP contribution in [-0.4, -0.2) is 17.9 Å². The summed E-state index contributed by atoms with van der Waals surface area (Å²) in [6, 6.07) is 13.0. The zero-order valence-electron chi connectivity index (χ0n) is 12.8. The van der Waals surface area contributed by atoms with Gasteiger partial charge in [-0.05, 0) is 18.6 Å². The zero-order chi connectivity index (χ0) is 16.6. The lowest BCUT2D eigenvalue weighted by atomic mass is 10.0. The Morgan fingerprint density at radius 2 is 2.00 bits per heavy atom. The van der Waals surface area contributed by atoms with E-state index >= 15 is 0 Å². The number of ether oxygens (including phenoxy) is 1. The van der Waals surface area contributed by atoms with Crippen LogP contribution in [0, 0.1) is 17.1 Å². The van der Waals surface area contributed by atoms with Crippen LogP contribution >= 0.6 is 0 Å². The number of carbonyl (C=O) groups is 1. The summed E-state index contributed by atoms with van der Waals surface area (Å²) < 4.78 is 19.4. The van der Waals surface area contributed by atoms with Crippen molar-refractivity contribution in [3.8, 4) is 11.8 Å². The summed E-state index contributed by atoms with van der Waals surface area (Å²) in [5.41, 5.74) is 1.21. The first-order valence-corrected chi connectivity index (χ1v) is 7.23. The molecule has 0 aliphatic carbocycles. The second kappa shape index (κ2) is 5.73. The number of amides is 1. The molecule has 0 radical (unpaired) electrons. The Kier molecular flexibility index (Phi) is 3.75. The molecular formula is C18H15FN2O2. The SMILES string of the molecule is COc1cc(F)c2c(c1)C(C#N)N(C(C)c1ccccc1)C2=O. The van der Waals surface area contributed by atoms with Crippen molar-refractivity contribution in [1.29, 1.82) is 5.26 Å². The van der Waals surface area contributed by atoms with Crippen LogP contribution in [0.3, 0.4) is 0 Å². The van der Waals surface area contributed by atoms with Gasteiger partial charge in [-0.3, -0.25) is 4.79 Å². The number of nitrogens with zero attached hydrogens (tertiary/aromatic N) is 2. The first-order valence-electron chi connectivity index (χ1n) is 7.23. The quantitative estimate of drug-likeness (QED) is 0.870. The summed E-state index contributed by atoms with van der Waals surface area (Å²) in [5, 5.41) is 9.54. The highest BCUT2D eigenvalue weighted by molar-refractivity contribution is 6.00. The van der Waals surface area contributed by atoms with Gasteiger partial charge in [-0.1, -0.05) is 30.3 Å². The van der Waals surface area contributed by atoms with E-state index in [-0.39, 0.29) is 11.6 Å². The average molecular weight is 310 g/mol. The third-order valence-electron chi connectivity index (χ3n) is 4.17. The standard InChI is InChI=1S/C18H15FN2O2/c1-11(12-6-4-3-5-7-12)21-16(10-20)14-8-13(23-2)9-15(19)17(14)18(21)22/h3-9,11,16H,1-2H3. The van der Waals surface area contributed by atoms with Gasteiger partial charge in [-0.15, -0.1) is 0 Å². The molecule has 0 N–H and O–H groups in total. The number of halogens is 1. The zero-order valence-corrected chi connectivity index (χ0v) is 12.8. The molecule has 0 bridgehead atoms. The lowest BCUT2D eigenvalue weighted by molar-refractivity contribution is 0.0684. The number of hydrogen-bond donors (Lipinski definition) is 0. The molecule has 1 aliphatic rings. The van der Waals surface area contributed by atoms with Crippen molar-refractivity contribution >= 4 is 5.91 Å². The maximum Gasteiger partial charge on any atom is 0.259 e. The van der Waals surface area contributed by atoms with E-state index < -0.39 is 17.8 Å². The highest BCUT2D eigenvalue weighted by Crippen LogP contribution is 2.41. The Morgan fingerprint density at radius 3 is 2.61 bits per heavy atom. The molecule has 2 atom stereocenters. The van der Waals surface area contributed by atoms with Crippen molar-refractivity contribution in [3.05, 3.63) is 65.0 Å². The normalized spacial score (nSPS) is 17.6. The number of hydrogen-bond acceptors (Lipinski definition) is 3. The molecule has 3 rings (SSSR count). The van der Waals surface area contributed by atoms with Crippen LogP contribution in [0.2, 0.25) is 0 Å². The van der Waals surface area contributed by atoms with Crippen LogP contribution in [0.4, 0.5) is 4.39 Å². The van der Waals surface area contributed by atoms with E-state index in [0.717, 1.165) is 5.56 Å². The molecule has 0 saturated carbocycles. The van der Waals surface area contributed by atoms with E-state index in [0.29, 0.717) is 11.3 Å². The smallest absolute Gasteiger partial charge is 0.259 e. The second-order valence-corrected chi connectivity index (χ2v) is 5.40. The van der Waals surface area contributed by atoms with Crippen LogP contribution in [0.15, 0.2) is 42.5 Å². The fourth-order valence-corrected chi connectivity index (χ4v) is 2.98. The number of methoxy groups -OCH3 is 1. The summed E-state index contributed by atoms with van der Waals surface area (Å²) in [4.78, 5) is 14.1. The molecule has 4 nitrogen and oxygen atoms in total. The second-order valence-electron chi connectivity index (χ2n) is 5.40. The van der Waals surface area contributed by atoms with Gasteiger partial charge < -0.3 is 9.64 Å². The Balaban J connectivity index is 2.09. The highest BCUT2D eigenvalue weighted by atomic mass is 19.1. The van der Waals surface area contributed by atoms with Crippen molar-refractivity contribution in [1.82, 2.24) is 4.90 Å². The number of carbonyl (C=O) groups excluding carboxylic acids is 1. The van der Waals surface area contributed by atoms with E-state index in [1.807, 2.05) is 37.3 Å². The average Bonchev–Trinajstić information content (AvgIpc) is 2.87. The lowest BCUT2D eigenvalue weighted by Gasteiger charge is -2.27. The number of fused-ring (bicyclic) bond motifs is 1. The van der Waals surface area contributed by atoms with Gasteiger partial charge in [0.2, 0.25) is 0 Å². The molecule has 23 heavy (non-hydrogen) atoms. The molecule has 1 amide bonds. The highest BCUT2D eigenvalue weighted by Gasteiger charge is 2.42. The van der Waals surface area contributed by atoms with Gasteiger partial charge in [0.05, 0.1) is 24.8 Å². The van der Waals surface area contributed by atoms with Gasteiger partial charge in [0.15, 0.2) is 0 Å². The summed E-state index contributed by atoms with van der Waals surface area (Å²) in [6.07, 6.45) is 0. The predicted octanol–water partition coefficient (Wildman–Crippen LogP) is 3.62. The van der Waals surface area contributed by atoms with Gasteiger partial charge in [0.1, 0.15) is 17.6 Å². The van der Waals surface area contributed by atoms with Crippen molar-refractivity contribution in [3.63, 3.8) is 0 Å². The fourth-order valence-electron chi connectivity index (χ4n) is 2.98. The minimum atomic E-state index is -0.836. The van der Waals surface area contributed by atoms with E-state index in [1.165, 1.54) is 18.1 Å². The van der Waals surface area contributed by atoms with Crippen LogP contribution in [0.1, 0.15) is 40.5 Å². The van der Waals surface area contributed by atoms with Gasteiger partial charge in [-0.2, -0.15) is 5.26 Å². The van der Waals surface area contributed by atoms with Gasteiger partial charge in [0, 0.05) is 11.6 Å². The third kappa shape index (κ3) is 2.33. The van der Waals surface area contributed by atoms with E-state index in [1.54, 1.807) is 6.07 Å². The summed E-state index contributed by atoms with van der Waals surface area (Å²) in [6.45, 7) is 1.83. The molecule has 2 aromatic rings. The van der Waals surface area contributed by atoms with Gasteiger partial charge in [-0.25, -0.2) is 4.39 Å². The third-order valence-corrected chi connectivity index (χ3v) is 4.17. The first kappa shape index (κ1) is 15.0. The van der Waals surface area contributed by atoms with Crippen LogP contribution in [0.25, 0.3) is 0 Å². The van der Waals surface area contributed by atoms with Gasteiger partial charge >= 0.3 is 0 Å². The molecule has 2 unspecified atom stereocenters. The molecule has 5 heteroatoms. The Bertz CT molecular complexity index is 799. The maximum absolute atomic E-state index is 14.3. The monoisotopic (exact) mass is 310 g/mol. The van der Waals surface area contributed by atoms with E-state index in [4.69, 9.17) is 4.74 Å². The van der Waals surface area contributed by atoms with Crippen LogP contribution in [-0.2, 0) is 0 Å². The number of benzene rings is 2. The predicted molar refractivity (Wildman–Crippen MR) is 82.3 cm³/mol. The molecule has 116 valence electrons. The molecule has 1 aliphatic heterocycles. The number of nitriles is 1.